The molecule has 1 N–H and O–H groups in total. The Balaban J connectivity index is 1.91. The Morgan fingerprint density at radius 3 is 2.23 bits per heavy atom. The van der Waals surface area contributed by atoms with Crippen molar-refractivity contribution in [3.8, 4) is 0 Å². The lowest BCUT2D eigenvalue weighted by molar-refractivity contribution is -0.354. The van der Waals surface area contributed by atoms with Crippen LogP contribution >= 0.6 is 0 Å². The van der Waals surface area contributed by atoms with Gasteiger partial charge in [-0.3, -0.25) is 9.59 Å². The topological polar surface area (TPSA) is 63.6 Å². The monoisotopic (exact) mass is 418 g/mol. The van der Waals surface area contributed by atoms with Crippen molar-refractivity contribution >= 4 is 11.6 Å². The minimum absolute atomic E-state index is 0.0917. The SMILES string of the molecule is O=C(c1ccccc1)C1C(c2ccccc2)C2C(=O)CCCC2(O)OC1C(F)(F)F. The van der Waals surface area contributed by atoms with Gasteiger partial charge in [0.25, 0.3) is 0 Å². The summed E-state index contributed by atoms with van der Waals surface area (Å²) < 4.78 is 47.5. The Kier molecular flexibility index (Phi) is 5.28. The van der Waals surface area contributed by atoms with Crippen molar-refractivity contribution in [2.24, 2.45) is 11.8 Å². The summed E-state index contributed by atoms with van der Waals surface area (Å²) in [5.74, 6) is -7.50. The van der Waals surface area contributed by atoms with Gasteiger partial charge in [0, 0.05) is 24.3 Å². The molecule has 158 valence electrons. The number of ketones is 2. The number of carbonyl (C=O) groups is 2. The van der Waals surface area contributed by atoms with E-state index in [0.29, 0.717) is 5.56 Å². The first-order valence-electron chi connectivity index (χ1n) is 9.86. The summed E-state index contributed by atoms with van der Waals surface area (Å²) in [5, 5.41) is 11.0. The first kappa shape index (κ1) is 20.8. The van der Waals surface area contributed by atoms with E-state index in [0.717, 1.165) is 0 Å². The van der Waals surface area contributed by atoms with Gasteiger partial charge in [0.1, 0.15) is 5.78 Å². The molecule has 1 aliphatic carbocycles. The Morgan fingerprint density at radius 2 is 1.63 bits per heavy atom. The van der Waals surface area contributed by atoms with Crippen LogP contribution in [0, 0.1) is 11.8 Å². The number of hydrogen-bond donors (Lipinski definition) is 1. The average molecular weight is 418 g/mol. The van der Waals surface area contributed by atoms with Crippen molar-refractivity contribution in [3.05, 3.63) is 71.8 Å². The molecule has 4 nitrogen and oxygen atoms in total. The molecule has 2 aliphatic rings. The maximum Gasteiger partial charge on any atom is 0.415 e. The fourth-order valence-electron chi connectivity index (χ4n) is 4.82. The molecule has 2 fully saturated rings. The Labute approximate surface area is 171 Å². The molecule has 2 aromatic rings. The zero-order valence-electron chi connectivity index (χ0n) is 16.0. The van der Waals surface area contributed by atoms with E-state index in [1.807, 2.05) is 0 Å². The van der Waals surface area contributed by atoms with Gasteiger partial charge in [0.2, 0.25) is 0 Å². The van der Waals surface area contributed by atoms with Crippen molar-refractivity contribution in [2.75, 3.05) is 0 Å². The molecule has 30 heavy (non-hydrogen) atoms. The number of ether oxygens (including phenoxy) is 1. The summed E-state index contributed by atoms with van der Waals surface area (Å²) in [6, 6.07) is 15.9. The number of Topliss-reactive ketones (excluding diaryl/α,β-unsaturated/α-hetero) is 2. The van der Waals surface area contributed by atoms with Crippen LogP contribution in [0.5, 0.6) is 0 Å². The highest BCUT2D eigenvalue weighted by Gasteiger charge is 2.65. The predicted octanol–water partition coefficient (Wildman–Crippen LogP) is 4.29. The number of benzene rings is 2. The van der Waals surface area contributed by atoms with E-state index in [-0.39, 0.29) is 30.6 Å². The fraction of sp³-hybridized carbons (Fsp3) is 0.391. The van der Waals surface area contributed by atoms with Gasteiger partial charge in [-0.05, 0) is 12.0 Å². The van der Waals surface area contributed by atoms with E-state index in [1.54, 1.807) is 48.5 Å². The average Bonchev–Trinajstić information content (AvgIpc) is 2.72. The zero-order valence-corrected chi connectivity index (χ0v) is 16.0. The number of hydrogen-bond acceptors (Lipinski definition) is 4. The number of halogens is 3. The van der Waals surface area contributed by atoms with E-state index in [2.05, 4.69) is 0 Å². The van der Waals surface area contributed by atoms with Crippen LogP contribution < -0.4 is 0 Å². The van der Waals surface area contributed by atoms with Gasteiger partial charge in [0.05, 0.1) is 11.8 Å². The maximum atomic E-state index is 14.1. The third-order valence-corrected chi connectivity index (χ3v) is 6.06. The van der Waals surface area contributed by atoms with Crippen LogP contribution in [-0.4, -0.2) is 34.7 Å². The molecule has 1 saturated carbocycles. The quantitative estimate of drug-likeness (QED) is 0.756. The van der Waals surface area contributed by atoms with Crippen molar-refractivity contribution in [3.63, 3.8) is 0 Å². The highest BCUT2D eigenvalue weighted by atomic mass is 19.4. The summed E-state index contributed by atoms with van der Waals surface area (Å²) in [4.78, 5) is 26.2. The Bertz CT molecular complexity index is 928. The number of rotatable bonds is 3. The summed E-state index contributed by atoms with van der Waals surface area (Å²) in [7, 11) is 0. The largest absolute Gasteiger partial charge is 0.415 e. The minimum Gasteiger partial charge on any atom is -0.365 e. The Hall–Kier alpha value is -2.51. The summed E-state index contributed by atoms with van der Waals surface area (Å²) in [6.07, 6.45) is -7.16. The Morgan fingerprint density at radius 1 is 1.03 bits per heavy atom. The summed E-state index contributed by atoms with van der Waals surface area (Å²) in [6.45, 7) is 0. The number of alkyl halides is 3. The van der Waals surface area contributed by atoms with Crippen LogP contribution in [-0.2, 0) is 9.53 Å². The first-order valence-corrected chi connectivity index (χ1v) is 9.86. The zero-order chi connectivity index (χ0) is 21.5. The standard InChI is InChI=1S/C23H21F3O4/c24-23(25,26)21-18(20(28)15-10-5-2-6-11-15)17(14-8-3-1-4-9-14)19-16(27)12-7-13-22(19,29)30-21/h1-6,8-11,17-19,21,29H,7,12-13H2. The van der Waals surface area contributed by atoms with Crippen molar-refractivity contribution < 1.29 is 32.6 Å². The molecular weight excluding hydrogens is 397 g/mol. The molecule has 0 amide bonds. The third-order valence-electron chi connectivity index (χ3n) is 6.06. The molecule has 0 radical (unpaired) electrons. The molecule has 1 saturated heterocycles. The van der Waals surface area contributed by atoms with Gasteiger partial charge in [-0.2, -0.15) is 13.2 Å². The van der Waals surface area contributed by atoms with Gasteiger partial charge in [-0.1, -0.05) is 60.7 Å². The second-order valence-corrected chi connectivity index (χ2v) is 7.91. The number of fused-ring (bicyclic) bond motifs is 1. The van der Waals surface area contributed by atoms with Crippen molar-refractivity contribution in [1.29, 1.82) is 0 Å². The highest BCUT2D eigenvalue weighted by Crippen LogP contribution is 2.54. The fourth-order valence-corrected chi connectivity index (χ4v) is 4.82. The number of aliphatic hydroxyl groups is 1. The highest BCUT2D eigenvalue weighted by molar-refractivity contribution is 6.00. The molecule has 0 aromatic heterocycles. The lowest BCUT2D eigenvalue weighted by Crippen LogP contribution is -2.63. The van der Waals surface area contributed by atoms with Gasteiger partial charge >= 0.3 is 6.18 Å². The molecule has 7 heteroatoms. The lowest BCUT2D eigenvalue weighted by atomic mass is 9.62. The van der Waals surface area contributed by atoms with Gasteiger partial charge in [-0.25, -0.2) is 0 Å². The van der Waals surface area contributed by atoms with E-state index >= 15 is 0 Å². The van der Waals surface area contributed by atoms with Crippen LogP contribution in [0.25, 0.3) is 0 Å². The van der Waals surface area contributed by atoms with E-state index in [1.165, 1.54) is 12.1 Å². The van der Waals surface area contributed by atoms with E-state index in [9.17, 15) is 27.9 Å². The van der Waals surface area contributed by atoms with Crippen LogP contribution in [0.1, 0.15) is 41.1 Å². The normalized spacial score (nSPS) is 31.8. The van der Waals surface area contributed by atoms with Gasteiger partial charge in [-0.15, -0.1) is 0 Å². The predicted molar refractivity (Wildman–Crippen MR) is 102 cm³/mol. The maximum absolute atomic E-state index is 14.1. The van der Waals surface area contributed by atoms with Crippen LogP contribution in [0.15, 0.2) is 60.7 Å². The minimum atomic E-state index is -4.90. The summed E-state index contributed by atoms with van der Waals surface area (Å²) in [5.41, 5.74) is 0.512. The molecule has 4 rings (SSSR count). The molecule has 2 aromatic carbocycles. The number of carbonyl (C=O) groups excluding carboxylic acids is 2. The molecule has 1 aliphatic heterocycles. The summed E-state index contributed by atoms with van der Waals surface area (Å²) >= 11 is 0. The molecule has 0 spiro atoms. The van der Waals surface area contributed by atoms with Crippen LogP contribution in [0.3, 0.4) is 0 Å². The molecule has 5 atom stereocenters. The second kappa shape index (κ2) is 7.63. The van der Waals surface area contributed by atoms with Gasteiger partial charge < -0.3 is 9.84 Å². The van der Waals surface area contributed by atoms with Crippen LogP contribution in [0.2, 0.25) is 0 Å². The molecule has 0 bridgehead atoms. The lowest BCUT2D eigenvalue weighted by Gasteiger charge is -2.52. The molecular formula is C23H21F3O4. The van der Waals surface area contributed by atoms with Crippen LogP contribution in [0.4, 0.5) is 13.2 Å². The van der Waals surface area contributed by atoms with Crippen molar-refractivity contribution in [2.45, 2.75) is 43.2 Å². The molecule has 5 unspecified atom stereocenters. The smallest absolute Gasteiger partial charge is 0.365 e. The van der Waals surface area contributed by atoms with Gasteiger partial charge in [0.15, 0.2) is 17.7 Å². The molecule has 1 heterocycles. The first-order chi connectivity index (χ1) is 14.2. The third kappa shape index (κ3) is 3.56. The van der Waals surface area contributed by atoms with E-state index in [4.69, 9.17) is 4.74 Å². The second-order valence-electron chi connectivity index (χ2n) is 7.91. The van der Waals surface area contributed by atoms with E-state index < -0.39 is 41.6 Å². The van der Waals surface area contributed by atoms with Crippen molar-refractivity contribution in [1.82, 2.24) is 0 Å².